The van der Waals surface area contributed by atoms with Gasteiger partial charge in [-0.1, -0.05) is 36.4 Å². The van der Waals surface area contributed by atoms with Gasteiger partial charge in [0.2, 0.25) is 6.79 Å². The lowest BCUT2D eigenvalue weighted by Gasteiger charge is -2.23. The molecule has 0 radical (unpaired) electrons. The van der Waals surface area contributed by atoms with Gasteiger partial charge < -0.3 is 19.4 Å². The van der Waals surface area contributed by atoms with Gasteiger partial charge in [0, 0.05) is 12.1 Å². The number of hydrogen-bond acceptors (Lipinski definition) is 4. The minimum Gasteiger partial charge on any atom is -0.454 e. The number of halogens is 1. The summed E-state index contributed by atoms with van der Waals surface area (Å²) in [4.78, 5) is 30.6. The molecule has 0 unspecified atom stereocenters. The van der Waals surface area contributed by atoms with Gasteiger partial charge in [0.1, 0.15) is 5.82 Å². The van der Waals surface area contributed by atoms with Gasteiger partial charge in [-0.05, 0) is 53.8 Å². The molecule has 1 amide bonds. The van der Waals surface area contributed by atoms with E-state index in [1.165, 1.54) is 23.1 Å². The smallest absolute Gasteiger partial charge is 0.257 e. The van der Waals surface area contributed by atoms with Gasteiger partial charge in [-0.3, -0.25) is 9.59 Å². The number of hydrogen-bond donors (Lipinski definition) is 1. The minimum atomic E-state index is -0.610. The van der Waals surface area contributed by atoms with Crippen LogP contribution in [0.5, 0.6) is 11.5 Å². The standard InChI is InChI=1S/C26H21FN2O4/c1-16-5-4-6-18-12-19(25(30)28-24(16)18)14-29(26(31)20-7-2-3-8-21(20)27)13-17-9-10-22-23(11-17)33-15-32-22/h2-12H,13-15H2,1H3,(H,28,30). The Kier molecular flexibility index (Phi) is 5.30. The number of nitrogens with zero attached hydrogens (tertiary/aromatic N) is 1. The number of carbonyl (C=O) groups excluding carboxylic acids is 1. The summed E-state index contributed by atoms with van der Waals surface area (Å²) in [6.45, 7) is 2.24. The summed E-state index contributed by atoms with van der Waals surface area (Å²) in [5.74, 6) is 0.104. The number of carbonyl (C=O) groups is 1. The fourth-order valence-electron chi connectivity index (χ4n) is 4.02. The van der Waals surface area contributed by atoms with Crippen molar-refractivity contribution in [3.8, 4) is 11.5 Å². The van der Waals surface area contributed by atoms with Crippen molar-refractivity contribution in [2.45, 2.75) is 20.0 Å². The van der Waals surface area contributed by atoms with E-state index in [0.29, 0.717) is 17.1 Å². The summed E-state index contributed by atoms with van der Waals surface area (Å²) >= 11 is 0. The molecule has 1 aromatic heterocycles. The molecule has 0 atom stereocenters. The molecule has 2 heterocycles. The quantitative estimate of drug-likeness (QED) is 0.490. The summed E-state index contributed by atoms with van der Waals surface area (Å²) in [5.41, 5.74) is 2.57. The predicted molar refractivity (Wildman–Crippen MR) is 122 cm³/mol. The molecule has 3 aromatic carbocycles. The molecule has 1 N–H and O–H groups in total. The number of H-pyrrole nitrogens is 1. The van der Waals surface area contributed by atoms with E-state index in [1.54, 1.807) is 24.3 Å². The highest BCUT2D eigenvalue weighted by atomic mass is 19.1. The predicted octanol–water partition coefficient (Wildman–Crippen LogP) is 4.55. The van der Waals surface area contributed by atoms with E-state index in [0.717, 1.165) is 22.0 Å². The molecule has 33 heavy (non-hydrogen) atoms. The number of aromatic amines is 1. The van der Waals surface area contributed by atoms with E-state index in [2.05, 4.69) is 4.98 Å². The first-order chi connectivity index (χ1) is 16.0. The summed E-state index contributed by atoms with van der Waals surface area (Å²) in [6, 6.07) is 18.7. The van der Waals surface area contributed by atoms with Crippen molar-refractivity contribution >= 4 is 16.8 Å². The largest absolute Gasteiger partial charge is 0.454 e. The second-order valence-electron chi connectivity index (χ2n) is 7.99. The third-order valence-corrected chi connectivity index (χ3v) is 5.73. The average Bonchev–Trinajstić information content (AvgIpc) is 3.28. The van der Waals surface area contributed by atoms with E-state index in [4.69, 9.17) is 9.47 Å². The van der Waals surface area contributed by atoms with Gasteiger partial charge in [0.15, 0.2) is 11.5 Å². The Bertz CT molecular complexity index is 1430. The molecule has 1 aliphatic rings. The topological polar surface area (TPSA) is 71.6 Å². The average molecular weight is 444 g/mol. The molecule has 1 aliphatic heterocycles. The summed E-state index contributed by atoms with van der Waals surface area (Å²) in [5, 5.41) is 0.867. The molecule has 0 saturated carbocycles. The molecule has 7 heteroatoms. The number of ether oxygens (including phenoxy) is 2. The van der Waals surface area contributed by atoms with Gasteiger partial charge in [0.05, 0.1) is 17.6 Å². The Hall–Kier alpha value is -4.13. The van der Waals surface area contributed by atoms with E-state index in [9.17, 15) is 14.0 Å². The Morgan fingerprint density at radius 1 is 1.00 bits per heavy atom. The number of rotatable bonds is 5. The van der Waals surface area contributed by atoms with Gasteiger partial charge in [-0.15, -0.1) is 0 Å². The van der Waals surface area contributed by atoms with Crippen molar-refractivity contribution in [3.63, 3.8) is 0 Å². The van der Waals surface area contributed by atoms with E-state index >= 15 is 0 Å². The van der Waals surface area contributed by atoms with E-state index in [1.807, 2.05) is 31.2 Å². The van der Waals surface area contributed by atoms with Crippen molar-refractivity contribution < 1.29 is 18.7 Å². The fraction of sp³-hybridized carbons (Fsp3) is 0.154. The molecule has 5 rings (SSSR count). The second kappa shape index (κ2) is 8.43. The van der Waals surface area contributed by atoms with Crippen LogP contribution in [0.1, 0.15) is 27.0 Å². The number of fused-ring (bicyclic) bond motifs is 2. The van der Waals surface area contributed by atoms with Crippen molar-refractivity contribution in [1.29, 1.82) is 0 Å². The number of para-hydroxylation sites is 1. The van der Waals surface area contributed by atoms with Crippen molar-refractivity contribution in [2.24, 2.45) is 0 Å². The minimum absolute atomic E-state index is 0.0147. The van der Waals surface area contributed by atoms with Crippen molar-refractivity contribution in [2.75, 3.05) is 6.79 Å². The Morgan fingerprint density at radius 3 is 2.67 bits per heavy atom. The molecule has 0 aliphatic carbocycles. The monoisotopic (exact) mass is 444 g/mol. The lowest BCUT2D eigenvalue weighted by atomic mass is 10.1. The molecule has 0 saturated heterocycles. The van der Waals surface area contributed by atoms with Crippen LogP contribution in [0.15, 0.2) is 71.5 Å². The summed E-state index contributed by atoms with van der Waals surface area (Å²) in [6.07, 6.45) is 0. The maximum absolute atomic E-state index is 14.4. The van der Waals surface area contributed by atoms with Gasteiger partial charge in [-0.2, -0.15) is 0 Å². The van der Waals surface area contributed by atoms with Crippen molar-refractivity contribution in [3.05, 3.63) is 105 Å². The normalized spacial score (nSPS) is 12.2. The molecule has 4 aromatic rings. The highest BCUT2D eigenvalue weighted by Crippen LogP contribution is 2.33. The highest BCUT2D eigenvalue weighted by molar-refractivity contribution is 5.94. The van der Waals surface area contributed by atoms with Crippen LogP contribution in [0.2, 0.25) is 0 Å². The van der Waals surface area contributed by atoms with Crippen LogP contribution in [-0.2, 0) is 13.1 Å². The van der Waals surface area contributed by atoms with Crippen LogP contribution in [0.25, 0.3) is 10.9 Å². The lowest BCUT2D eigenvalue weighted by Crippen LogP contribution is -2.33. The highest BCUT2D eigenvalue weighted by Gasteiger charge is 2.22. The first-order valence-corrected chi connectivity index (χ1v) is 10.5. The Labute approximate surface area is 189 Å². The summed E-state index contributed by atoms with van der Waals surface area (Å²) < 4.78 is 25.2. The lowest BCUT2D eigenvalue weighted by molar-refractivity contribution is 0.0724. The number of benzene rings is 3. The van der Waals surface area contributed by atoms with Crippen LogP contribution in [0.4, 0.5) is 4.39 Å². The maximum Gasteiger partial charge on any atom is 0.257 e. The Balaban J connectivity index is 1.53. The fourth-order valence-corrected chi connectivity index (χ4v) is 4.02. The zero-order valence-corrected chi connectivity index (χ0v) is 17.9. The van der Waals surface area contributed by atoms with Gasteiger partial charge in [-0.25, -0.2) is 4.39 Å². The SMILES string of the molecule is Cc1cccc2cc(CN(Cc3ccc4c(c3)OCO4)C(=O)c3ccccc3F)c(=O)[nH]c12. The Morgan fingerprint density at radius 2 is 1.82 bits per heavy atom. The van der Waals surface area contributed by atoms with Crippen LogP contribution >= 0.6 is 0 Å². The number of aromatic nitrogens is 1. The van der Waals surface area contributed by atoms with Crippen LogP contribution in [0.3, 0.4) is 0 Å². The number of pyridine rings is 1. The number of nitrogens with one attached hydrogen (secondary N) is 1. The molecule has 166 valence electrons. The second-order valence-corrected chi connectivity index (χ2v) is 7.99. The molecule has 0 bridgehead atoms. The zero-order valence-electron chi connectivity index (χ0n) is 17.9. The van der Waals surface area contributed by atoms with Crippen LogP contribution in [0, 0.1) is 12.7 Å². The number of amides is 1. The molecular formula is C26H21FN2O4. The van der Waals surface area contributed by atoms with Gasteiger partial charge in [0.25, 0.3) is 11.5 Å². The number of aryl methyl sites for hydroxylation is 1. The third-order valence-electron chi connectivity index (χ3n) is 5.73. The van der Waals surface area contributed by atoms with Crippen LogP contribution in [-0.4, -0.2) is 22.6 Å². The van der Waals surface area contributed by atoms with Crippen molar-refractivity contribution in [1.82, 2.24) is 9.88 Å². The molecule has 0 fully saturated rings. The van der Waals surface area contributed by atoms with Crippen LogP contribution < -0.4 is 15.0 Å². The first kappa shape index (κ1) is 20.8. The van der Waals surface area contributed by atoms with E-state index < -0.39 is 11.7 Å². The first-order valence-electron chi connectivity index (χ1n) is 10.5. The zero-order chi connectivity index (χ0) is 22.9. The summed E-state index contributed by atoms with van der Waals surface area (Å²) in [7, 11) is 0. The molecule has 0 spiro atoms. The molecular weight excluding hydrogens is 423 g/mol. The third kappa shape index (κ3) is 4.05. The van der Waals surface area contributed by atoms with Gasteiger partial charge >= 0.3 is 0 Å². The maximum atomic E-state index is 14.4. The molecule has 6 nitrogen and oxygen atoms in total. The van der Waals surface area contributed by atoms with E-state index in [-0.39, 0.29) is 31.0 Å².